The number of hydrogen-bond acceptors (Lipinski definition) is 6. The molecule has 8 nitrogen and oxygen atoms in total. The summed E-state index contributed by atoms with van der Waals surface area (Å²) in [6, 6.07) is 0.470. The molecule has 1 aromatic heterocycles. The molecule has 21 heavy (non-hydrogen) atoms. The molecule has 1 aromatic rings. The number of carbonyl (C=O) groups is 2. The molecule has 1 aliphatic rings. The fraction of sp³-hybridized carbons (Fsp3) is 0.538. The number of aliphatic carboxylic acids is 1. The van der Waals surface area contributed by atoms with E-state index in [1.165, 1.54) is 12.4 Å². The lowest BCUT2D eigenvalue weighted by Gasteiger charge is -2.42. The van der Waals surface area contributed by atoms with Crippen LogP contribution in [0.5, 0.6) is 0 Å². The second kappa shape index (κ2) is 6.49. The third kappa shape index (κ3) is 3.88. The minimum absolute atomic E-state index is 0.0565. The lowest BCUT2D eigenvalue weighted by atomic mass is 9.85. The average Bonchev–Trinajstić information content (AvgIpc) is 2.40. The van der Waals surface area contributed by atoms with Gasteiger partial charge in [-0.25, -0.2) is 14.8 Å². The second-order valence-electron chi connectivity index (χ2n) is 5.02. The topological polar surface area (TPSA) is 116 Å². The van der Waals surface area contributed by atoms with Crippen LogP contribution < -0.4 is 5.32 Å². The molecule has 0 bridgehead atoms. The maximum atomic E-state index is 10.7. The fourth-order valence-corrected chi connectivity index (χ4v) is 2.40. The van der Waals surface area contributed by atoms with Crippen LogP contribution in [0.1, 0.15) is 30.3 Å². The number of anilines is 1. The molecule has 1 fully saturated rings. The van der Waals surface area contributed by atoms with Crippen LogP contribution >= 0.6 is 0 Å². The Kier molecular flexibility index (Phi) is 4.69. The minimum Gasteiger partial charge on any atom is -0.480 e. The summed E-state index contributed by atoms with van der Waals surface area (Å²) in [5, 5.41) is 20.7. The molecule has 0 saturated heterocycles. The van der Waals surface area contributed by atoms with Crippen LogP contribution in [0, 0.1) is 0 Å². The maximum absolute atomic E-state index is 10.7. The molecule has 0 radical (unpaired) electrons. The van der Waals surface area contributed by atoms with E-state index in [0.29, 0.717) is 12.4 Å². The van der Waals surface area contributed by atoms with E-state index in [-0.39, 0.29) is 24.3 Å². The van der Waals surface area contributed by atoms with Gasteiger partial charge < -0.3 is 15.5 Å². The van der Waals surface area contributed by atoms with Crippen LogP contribution in [0.3, 0.4) is 0 Å². The fourth-order valence-electron chi connectivity index (χ4n) is 2.40. The molecule has 1 saturated carbocycles. The molecule has 0 atom stereocenters. The molecular weight excluding hydrogens is 276 g/mol. The van der Waals surface area contributed by atoms with Crippen molar-refractivity contribution in [3.8, 4) is 0 Å². The first-order valence-electron chi connectivity index (χ1n) is 6.77. The number of carboxylic acid groups (broad SMARTS) is 2. The van der Waals surface area contributed by atoms with Gasteiger partial charge in [-0.15, -0.1) is 0 Å². The molecular formula is C13H18N4O4. The van der Waals surface area contributed by atoms with Crippen LogP contribution in [0.15, 0.2) is 12.4 Å². The zero-order valence-corrected chi connectivity index (χ0v) is 11.7. The number of carboxylic acids is 2. The van der Waals surface area contributed by atoms with Gasteiger partial charge in [0.15, 0.2) is 5.69 Å². The van der Waals surface area contributed by atoms with Gasteiger partial charge in [-0.2, -0.15) is 0 Å². The SMILES string of the molecule is CCN(CC(=O)O)C1CC(Nc2cnc(C(=O)O)cn2)C1. The summed E-state index contributed by atoms with van der Waals surface area (Å²) in [7, 11) is 0. The van der Waals surface area contributed by atoms with Crippen molar-refractivity contribution in [3.63, 3.8) is 0 Å². The summed E-state index contributed by atoms with van der Waals surface area (Å²) in [6.45, 7) is 2.71. The number of nitrogens with one attached hydrogen (secondary N) is 1. The number of aromatic nitrogens is 2. The lowest BCUT2D eigenvalue weighted by Crippen LogP contribution is -2.51. The molecule has 0 aromatic carbocycles. The van der Waals surface area contributed by atoms with Crippen LogP contribution in [0.25, 0.3) is 0 Å². The van der Waals surface area contributed by atoms with Crippen LogP contribution in [-0.4, -0.2) is 62.2 Å². The molecule has 0 unspecified atom stereocenters. The van der Waals surface area contributed by atoms with Gasteiger partial charge in [0.1, 0.15) is 5.82 Å². The van der Waals surface area contributed by atoms with Gasteiger partial charge >= 0.3 is 11.9 Å². The van der Waals surface area contributed by atoms with Gasteiger partial charge in [-0.05, 0) is 19.4 Å². The van der Waals surface area contributed by atoms with E-state index in [1.54, 1.807) is 0 Å². The van der Waals surface area contributed by atoms with E-state index >= 15 is 0 Å². The first kappa shape index (κ1) is 15.2. The van der Waals surface area contributed by atoms with Crippen molar-refractivity contribution in [2.75, 3.05) is 18.4 Å². The summed E-state index contributed by atoms with van der Waals surface area (Å²) < 4.78 is 0. The summed E-state index contributed by atoms with van der Waals surface area (Å²) >= 11 is 0. The molecule has 0 amide bonds. The molecule has 114 valence electrons. The Balaban J connectivity index is 1.82. The van der Waals surface area contributed by atoms with Crippen LogP contribution in [0.2, 0.25) is 0 Å². The monoisotopic (exact) mass is 294 g/mol. The number of hydrogen-bond donors (Lipinski definition) is 3. The first-order chi connectivity index (χ1) is 9.99. The Bertz CT molecular complexity index is 513. The third-order valence-electron chi connectivity index (χ3n) is 3.60. The normalized spacial score (nSPS) is 20.9. The standard InChI is InChI=1S/C13H18N4O4/c1-2-17(7-12(18)19)9-3-8(4-9)16-11-6-14-10(5-15-11)13(20)21/h5-6,8-9H,2-4,7H2,1H3,(H,15,16)(H,18,19)(H,20,21). The van der Waals surface area contributed by atoms with E-state index in [4.69, 9.17) is 10.2 Å². The Labute approximate surface area is 121 Å². The van der Waals surface area contributed by atoms with Gasteiger partial charge in [-0.3, -0.25) is 9.69 Å². The van der Waals surface area contributed by atoms with E-state index in [1.807, 2.05) is 11.8 Å². The Hall–Kier alpha value is -2.22. The van der Waals surface area contributed by atoms with E-state index in [0.717, 1.165) is 12.8 Å². The van der Waals surface area contributed by atoms with Gasteiger partial charge in [-0.1, -0.05) is 6.92 Å². The largest absolute Gasteiger partial charge is 0.480 e. The van der Waals surface area contributed by atoms with Gasteiger partial charge in [0.25, 0.3) is 0 Å². The highest BCUT2D eigenvalue weighted by molar-refractivity contribution is 5.84. The summed E-state index contributed by atoms with van der Waals surface area (Å²) in [5.74, 6) is -1.39. The Morgan fingerprint density at radius 1 is 1.33 bits per heavy atom. The zero-order valence-electron chi connectivity index (χ0n) is 11.7. The number of rotatable bonds is 7. The number of likely N-dealkylation sites (N-methyl/N-ethyl adjacent to an activating group) is 1. The quantitative estimate of drug-likeness (QED) is 0.666. The average molecular weight is 294 g/mol. The molecule has 0 aliphatic heterocycles. The zero-order chi connectivity index (χ0) is 15.4. The Morgan fingerprint density at radius 3 is 2.52 bits per heavy atom. The molecule has 2 rings (SSSR count). The van der Waals surface area contributed by atoms with Crippen molar-refractivity contribution in [3.05, 3.63) is 18.1 Å². The molecule has 1 heterocycles. The Morgan fingerprint density at radius 2 is 2.05 bits per heavy atom. The smallest absolute Gasteiger partial charge is 0.356 e. The van der Waals surface area contributed by atoms with Crippen LogP contribution in [-0.2, 0) is 4.79 Å². The van der Waals surface area contributed by atoms with E-state index < -0.39 is 11.9 Å². The van der Waals surface area contributed by atoms with Crippen molar-refractivity contribution in [1.29, 1.82) is 0 Å². The number of aromatic carboxylic acids is 1. The van der Waals surface area contributed by atoms with E-state index in [2.05, 4.69) is 15.3 Å². The van der Waals surface area contributed by atoms with Gasteiger partial charge in [0, 0.05) is 12.1 Å². The molecule has 3 N–H and O–H groups in total. The van der Waals surface area contributed by atoms with Crippen molar-refractivity contribution >= 4 is 17.8 Å². The highest BCUT2D eigenvalue weighted by atomic mass is 16.4. The summed E-state index contributed by atoms with van der Waals surface area (Å²) in [4.78, 5) is 31.1. The first-order valence-corrected chi connectivity index (χ1v) is 6.77. The van der Waals surface area contributed by atoms with E-state index in [9.17, 15) is 9.59 Å². The van der Waals surface area contributed by atoms with Gasteiger partial charge in [0.05, 0.1) is 18.9 Å². The second-order valence-corrected chi connectivity index (χ2v) is 5.02. The molecule has 8 heteroatoms. The maximum Gasteiger partial charge on any atom is 0.356 e. The predicted molar refractivity (Wildman–Crippen MR) is 74.3 cm³/mol. The summed E-state index contributed by atoms with van der Waals surface area (Å²) in [5.41, 5.74) is -0.0920. The van der Waals surface area contributed by atoms with Crippen molar-refractivity contribution in [2.45, 2.75) is 31.8 Å². The lowest BCUT2D eigenvalue weighted by molar-refractivity contribution is -0.139. The van der Waals surface area contributed by atoms with Crippen molar-refractivity contribution in [1.82, 2.24) is 14.9 Å². The predicted octanol–water partition coefficient (Wildman–Crippen LogP) is 0.524. The highest BCUT2D eigenvalue weighted by Gasteiger charge is 2.33. The summed E-state index contributed by atoms with van der Waals surface area (Å²) in [6.07, 6.45) is 4.28. The third-order valence-corrected chi connectivity index (χ3v) is 3.60. The van der Waals surface area contributed by atoms with Crippen LogP contribution in [0.4, 0.5) is 5.82 Å². The molecule has 0 spiro atoms. The molecule has 1 aliphatic carbocycles. The van der Waals surface area contributed by atoms with Crippen molar-refractivity contribution < 1.29 is 19.8 Å². The highest BCUT2D eigenvalue weighted by Crippen LogP contribution is 2.27. The number of nitrogens with zero attached hydrogens (tertiary/aromatic N) is 3. The van der Waals surface area contributed by atoms with Gasteiger partial charge in [0.2, 0.25) is 0 Å². The van der Waals surface area contributed by atoms with Crippen molar-refractivity contribution in [2.24, 2.45) is 0 Å². The minimum atomic E-state index is -1.11.